The average molecular weight is 226 g/mol. The van der Waals surface area contributed by atoms with Gasteiger partial charge in [-0.2, -0.15) is 0 Å². The van der Waals surface area contributed by atoms with Gasteiger partial charge in [0, 0.05) is 25.0 Å². The number of carbonyl (C=O) groups excluding carboxylic acids is 1. The van der Waals surface area contributed by atoms with Crippen LogP contribution in [0.4, 0.5) is 0 Å². The van der Waals surface area contributed by atoms with E-state index in [0.29, 0.717) is 12.3 Å². The van der Waals surface area contributed by atoms with Crippen molar-refractivity contribution in [3.63, 3.8) is 0 Å². The lowest BCUT2D eigenvalue weighted by atomic mass is 9.75. The van der Waals surface area contributed by atoms with Gasteiger partial charge in [0.05, 0.1) is 0 Å². The summed E-state index contributed by atoms with van der Waals surface area (Å²) in [6, 6.07) is 0. The molecule has 0 heterocycles. The summed E-state index contributed by atoms with van der Waals surface area (Å²) >= 11 is 0. The van der Waals surface area contributed by atoms with E-state index in [1.165, 1.54) is 6.42 Å². The summed E-state index contributed by atoms with van der Waals surface area (Å²) in [4.78, 5) is 14.0. The number of amides is 1. The molecule has 94 valence electrons. The standard InChI is InChI=1S/C13H26N2O/c1-4-11(3)10-15(5-2)12(16)9-13(14)7-6-8-13/h11H,4-10,14H2,1-3H3. The van der Waals surface area contributed by atoms with Crippen LogP contribution < -0.4 is 5.73 Å². The molecule has 0 aromatic heterocycles. The molecule has 16 heavy (non-hydrogen) atoms. The second kappa shape index (κ2) is 5.67. The van der Waals surface area contributed by atoms with Gasteiger partial charge in [-0.25, -0.2) is 0 Å². The molecule has 0 saturated heterocycles. The molecule has 0 radical (unpaired) electrons. The molecule has 0 bridgehead atoms. The highest BCUT2D eigenvalue weighted by Gasteiger charge is 2.35. The first-order valence-corrected chi connectivity index (χ1v) is 6.57. The van der Waals surface area contributed by atoms with Crippen LogP contribution in [0.3, 0.4) is 0 Å². The van der Waals surface area contributed by atoms with Crippen molar-refractivity contribution in [1.29, 1.82) is 0 Å². The van der Waals surface area contributed by atoms with Crippen LogP contribution >= 0.6 is 0 Å². The number of nitrogens with zero attached hydrogens (tertiary/aromatic N) is 1. The summed E-state index contributed by atoms with van der Waals surface area (Å²) in [6.07, 6.45) is 4.87. The smallest absolute Gasteiger partial charge is 0.224 e. The second-order valence-corrected chi connectivity index (χ2v) is 5.34. The van der Waals surface area contributed by atoms with E-state index in [2.05, 4.69) is 13.8 Å². The topological polar surface area (TPSA) is 46.3 Å². The van der Waals surface area contributed by atoms with Gasteiger partial charge in [-0.15, -0.1) is 0 Å². The van der Waals surface area contributed by atoms with E-state index in [-0.39, 0.29) is 11.4 Å². The SMILES string of the molecule is CCC(C)CN(CC)C(=O)CC1(N)CCC1. The van der Waals surface area contributed by atoms with Gasteiger partial charge in [-0.1, -0.05) is 20.3 Å². The number of carbonyl (C=O) groups is 1. The van der Waals surface area contributed by atoms with Gasteiger partial charge in [0.2, 0.25) is 5.91 Å². The van der Waals surface area contributed by atoms with Crippen LogP contribution in [-0.4, -0.2) is 29.4 Å². The Balaban J connectivity index is 2.42. The molecule has 0 spiro atoms. The third-order valence-corrected chi connectivity index (χ3v) is 3.82. The van der Waals surface area contributed by atoms with Crippen molar-refractivity contribution < 1.29 is 4.79 Å². The Morgan fingerprint density at radius 1 is 1.44 bits per heavy atom. The second-order valence-electron chi connectivity index (χ2n) is 5.34. The van der Waals surface area contributed by atoms with E-state index < -0.39 is 0 Å². The Kier molecular flexibility index (Phi) is 4.78. The molecular formula is C13H26N2O. The average Bonchev–Trinajstić information content (AvgIpc) is 2.22. The van der Waals surface area contributed by atoms with Crippen molar-refractivity contribution in [2.24, 2.45) is 11.7 Å². The summed E-state index contributed by atoms with van der Waals surface area (Å²) in [5, 5.41) is 0. The monoisotopic (exact) mass is 226 g/mol. The lowest BCUT2D eigenvalue weighted by molar-refractivity contribution is -0.133. The quantitative estimate of drug-likeness (QED) is 0.754. The zero-order valence-corrected chi connectivity index (χ0v) is 11.0. The molecule has 0 aromatic carbocycles. The zero-order chi connectivity index (χ0) is 12.2. The lowest BCUT2D eigenvalue weighted by Crippen LogP contribution is -2.51. The van der Waals surface area contributed by atoms with Gasteiger partial charge in [0.25, 0.3) is 0 Å². The first-order valence-electron chi connectivity index (χ1n) is 6.57. The number of hydrogen-bond acceptors (Lipinski definition) is 2. The molecule has 0 aromatic rings. The predicted molar refractivity (Wildman–Crippen MR) is 67.1 cm³/mol. The third kappa shape index (κ3) is 3.48. The van der Waals surface area contributed by atoms with Crippen molar-refractivity contribution in [2.75, 3.05) is 13.1 Å². The number of hydrogen-bond donors (Lipinski definition) is 1. The van der Waals surface area contributed by atoms with Gasteiger partial charge in [-0.05, 0) is 32.1 Å². The van der Waals surface area contributed by atoms with Gasteiger partial charge in [0.1, 0.15) is 0 Å². The van der Waals surface area contributed by atoms with E-state index in [1.54, 1.807) is 0 Å². The Labute approximate surface area is 99.4 Å². The van der Waals surface area contributed by atoms with Crippen molar-refractivity contribution in [2.45, 2.75) is 58.4 Å². The fourth-order valence-electron chi connectivity index (χ4n) is 2.13. The minimum atomic E-state index is -0.181. The summed E-state index contributed by atoms with van der Waals surface area (Å²) in [5.41, 5.74) is 5.93. The summed E-state index contributed by atoms with van der Waals surface area (Å²) in [6.45, 7) is 8.09. The van der Waals surface area contributed by atoms with Gasteiger partial charge < -0.3 is 10.6 Å². The normalized spacial score (nSPS) is 20.0. The Morgan fingerprint density at radius 3 is 2.44 bits per heavy atom. The molecule has 1 amide bonds. The lowest BCUT2D eigenvalue weighted by Gasteiger charge is -2.39. The molecule has 3 heteroatoms. The Hall–Kier alpha value is -0.570. The highest BCUT2D eigenvalue weighted by Crippen LogP contribution is 2.32. The van der Waals surface area contributed by atoms with Crippen LogP contribution in [0.15, 0.2) is 0 Å². The predicted octanol–water partition coefficient (Wildman–Crippen LogP) is 2.15. The van der Waals surface area contributed by atoms with E-state index in [0.717, 1.165) is 32.4 Å². The van der Waals surface area contributed by atoms with Crippen LogP contribution in [0.25, 0.3) is 0 Å². The van der Waals surface area contributed by atoms with Crippen molar-refractivity contribution >= 4 is 5.91 Å². The first-order chi connectivity index (χ1) is 7.50. The molecule has 1 aliphatic rings. The zero-order valence-electron chi connectivity index (χ0n) is 11.0. The largest absolute Gasteiger partial charge is 0.343 e. The van der Waals surface area contributed by atoms with Crippen LogP contribution in [0.5, 0.6) is 0 Å². The van der Waals surface area contributed by atoms with E-state index >= 15 is 0 Å². The molecule has 1 fully saturated rings. The number of nitrogens with two attached hydrogens (primary N) is 1. The van der Waals surface area contributed by atoms with Crippen LogP contribution in [0.2, 0.25) is 0 Å². The molecule has 3 nitrogen and oxygen atoms in total. The van der Waals surface area contributed by atoms with Crippen LogP contribution in [0, 0.1) is 5.92 Å². The summed E-state index contributed by atoms with van der Waals surface area (Å²) in [5.74, 6) is 0.823. The van der Waals surface area contributed by atoms with E-state index in [9.17, 15) is 4.79 Å². The van der Waals surface area contributed by atoms with Gasteiger partial charge in [-0.3, -0.25) is 4.79 Å². The fourth-order valence-corrected chi connectivity index (χ4v) is 2.13. The van der Waals surface area contributed by atoms with Gasteiger partial charge in [0.15, 0.2) is 0 Å². The van der Waals surface area contributed by atoms with E-state index in [4.69, 9.17) is 5.73 Å². The molecule has 2 N–H and O–H groups in total. The van der Waals surface area contributed by atoms with Crippen molar-refractivity contribution in [3.8, 4) is 0 Å². The summed E-state index contributed by atoms with van der Waals surface area (Å²) in [7, 11) is 0. The maximum Gasteiger partial charge on any atom is 0.224 e. The fraction of sp³-hybridized carbons (Fsp3) is 0.923. The minimum Gasteiger partial charge on any atom is -0.343 e. The Bertz CT molecular complexity index is 236. The maximum absolute atomic E-state index is 12.1. The molecule has 0 aliphatic heterocycles. The molecule has 1 saturated carbocycles. The number of rotatable bonds is 6. The minimum absolute atomic E-state index is 0.181. The highest BCUT2D eigenvalue weighted by atomic mass is 16.2. The third-order valence-electron chi connectivity index (χ3n) is 3.82. The van der Waals surface area contributed by atoms with Crippen molar-refractivity contribution in [1.82, 2.24) is 4.90 Å². The first kappa shape index (κ1) is 13.5. The van der Waals surface area contributed by atoms with Crippen LogP contribution in [-0.2, 0) is 4.79 Å². The maximum atomic E-state index is 12.1. The van der Waals surface area contributed by atoms with Crippen LogP contribution in [0.1, 0.15) is 52.9 Å². The van der Waals surface area contributed by atoms with Gasteiger partial charge >= 0.3 is 0 Å². The molecule has 1 aliphatic carbocycles. The summed E-state index contributed by atoms with van der Waals surface area (Å²) < 4.78 is 0. The molecular weight excluding hydrogens is 200 g/mol. The molecule has 1 atom stereocenters. The highest BCUT2D eigenvalue weighted by molar-refractivity contribution is 5.77. The molecule has 1 rings (SSSR count). The van der Waals surface area contributed by atoms with Crippen molar-refractivity contribution in [3.05, 3.63) is 0 Å². The van der Waals surface area contributed by atoms with E-state index in [1.807, 2.05) is 11.8 Å². The molecule has 1 unspecified atom stereocenters. The Morgan fingerprint density at radius 2 is 2.06 bits per heavy atom.